The Labute approximate surface area is 205 Å². The highest BCUT2D eigenvalue weighted by Crippen LogP contribution is 2.37. The van der Waals surface area contributed by atoms with E-state index in [2.05, 4.69) is 40.6 Å². The van der Waals surface area contributed by atoms with Gasteiger partial charge in [-0.3, -0.25) is 14.8 Å². The number of amidine groups is 1. The van der Waals surface area contributed by atoms with E-state index < -0.39 is 0 Å². The number of likely N-dealkylation sites (tertiary alicyclic amines) is 1. The van der Waals surface area contributed by atoms with Gasteiger partial charge in [0.1, 0.15) is 11.5 Å². The summed E-state index contributed by atoms with van der Waals surface area (Å²) in [5.41, 5.74) is 4.81. The number of hydrogen-bond donors (Lipinski definition) is 2. The van der Waals surface area contributed by atoms with Crippen molar-refractivity contribution in [1.29, 1.82) is 0 Å². The van der Waals surface area contributed by atoms with Crippen molar-refractivity contribution >= 4 is 28.5 Å². The normalized spacial score (nSPS) is 24.4. The number of nitrogens with zero attached hydrogens (tertiary/aromatic N) is 5. The molecule has 0 radical (unpaired) electrons. The molecule has 3 aromatic heterocycles. The first kappa shape index (κ1) is 22.0. The van der Waals surface area contributed by atoms with Crippen LogP contribution in [-0.2, 0) is 13.6 Å². The molecule has 2 N–H and O–H groups in total. The van der Waals surface area contributed by atoms with Crippen LogP contribution in [0.15, 0.2) is 47.9 Å². The largest absolute Gasteiger partial charge is 0.348 e. The highest BCUT2D eigenvalue weighted by Gasteiger charge is 2.37. The quantitative estimate of drug-likeness (QED) is 0.610. The van der Waals surface area contributed by atoms with Crippen LogP contribution >= 0.6 is 0 Å². The highest BCUT2D eigenvalue weighted by molar-refractivity contribution is 6.12. The summed E-state index contributed by atoms with van der Waals surface area (Å²) in [5.74, 6) is 1.22. The molecule has 35 heavy (non-hydrogen) atoms. The van der Waals surface area contributed by atoms with Gasteiger partial charge in [0, 0.05) is 49.0 Å². The van der Waals surface area contributed by atoms with Gasteiger partial charge in [-0.15, -0.1) is 0 Å². The summed E-state index contributed by atoms with van der Waals surface area (Å²) in [7, 11) is 4.17. The minimum atomic E-state index is -0.152. The number of anilines is 1. The Morgan fingerprint density at radius 2 is 2.11 bits per heavy atom. The molecule has 0 spiro atoms. The zero-order valence-corrected chi connectivity index (χ0v) is 20.5. The van der Waals surface area contributed by atoms with E-state index in [1.165, 1.54) is 12.8 Å². The number of rotatable bonds is 3. The molecule has 8 nitrogen and oxygen atoms in total. The summed E-state index contributed by atoms with van der Waals surface area (Å²) >= 11 is 0. The van der Waals surface area contributed by atoms with Crippen molar-refractivity contribution in [3.63, 3.8) is 0 Å². The maximum atomic E-state index is 12.9. The van der Waals surface area contributed by atoms with Gasteiger partial charge < -0.3 is 20.1 Å². The Kier molecular flexibility index (Phi) is 5.21. The van der Waals surface area contributed by atoms with Crippen molar-refractivity contribution in [2.75, 3.05) is 25.5 Å². The minimum absolute atomic E-state index is 0.0819. The number of aryl methyl sites for hydroxylation is 1. The van der Waals surface area contributed by atoms with Crippen molar-refractivity contribution < 1.29 is 4.79 Å². The zero-order valence-electron chi connectivity index (χ0n) is 20.5. The van der Waals surface area contributed by atoms with Crippen LogP contribution < -0.4 is 10.6 Å². The molecular formula is C27H31N7O. The van der Waals surface area contributed by atoms with Gasteiger partial charge in [0.25, 0.3) is 5.91 Å². The van der Waals surface area contributed by atoms with Crippen LogP contribution in [0.3, 0.4) is 0 Å². The van der Waals surface area contributed by atoms with E-state index >= 15 is 0 Å². The molecular weight excluding hydrogens is 438 g/mol. The molecule has 3 aliphatic heterocycles. The summed E-state index contributed by atoms with van der Waals surface area (Å²) in [6.45, 7) is 4.94. The average Bonchev–Trinajstić information content (AvgIpc) is 3.43. The summed E-state index contributed by atoms with van der Waals surface area (Å²) in [6, 6.07) is 4.02. The second-order valence-corrected chi connectivity index (χ2v) is 10.3. The fraction of sp³-hybridized carbons (Fsp3) is 0.407. The molecule has 1 saturated heterocycles. The van der Waals surface area contributed by atoms with Crippen LogP contribution in [0.4, 0.5) is 5.69 Å². The number of amides is 1. The molecule has 6 rings (SSSR count). The van der Waals surface area contributed by atoms with Gasteiger partial charge in [-0.1, -0.05) is 6.08 Å². The van der Waals surface area contributed by atoms with E-state index in [1.54, 1.807) is 12.4 Å². The summed E-state index contributed by atoms with van der Waals surface area (Å²) in [6.07, 6.45) is 13.1. The van der Waals surface area contributed by atoms with Crippen LogP contribution in [0.1, 0.15) is 42.1 Å². The number of carbonyl (C=O) groups excluding carboxylic acids is 1. The summed E-state index contributed by atoms with van der Waals surface area (Å²) < 4.78 is 1.99. The van der Waals surface area contributed by atoms with Gasteiger partial charge >= 0.3 is 0 Å². The van der Waals surface area contributed by atoms with Crippen molar-refractivity contribution in [3.8, 4) is 11.3 Å². The summed E-state index contributed by atoms with van der Waals surface area (Å²) in [4.78, 5) is 29.8. The van der Waals surface area contributed by atoms with Gasteiger partial charge in [-0.05, 0) is 63.9 Å². The number of hydrogen-bond acceptors (Lipinski definition) is 6. The number of dihydropyridines is 1. The number of pyridine rings is 2. The Balaban J connectivity index is 1.37. The number of aliphatic imine (C=N–C) groups is 1. The lowest BCUT2D eigenvalue weighted by Crippen LogP contribution is -2.45. The van der Waals surface area contributed by atoms with Crippen molar-refractivity contribution in [3.05, 3.63) is 54.0 Å². The van der Waals surface area contributed by atoms with Crippen LogP contribution in [-0.4, -0.2) is 56.9 Å². The number of fused-ring (bicyclic) bond motifs is 2. The van der Waals surface area contributed by atoms with E-state index in [0.717, 1.165) is 53.2 Å². The highest BCUT2D eigenvalue weighted by atomic mass is 16.1. The molecule has 0 bridgehead atoms. The van der Waals surface area contributed by atoms with Crippen molar-refractivity contribution in [2.45, 2.75) is 38.3 Å². The van der Waals surface area contributed by atoms with Gasteiger partial charge in [0.2, 0.25) is 0 Å². The second-order valence-electron chi connectivity index (χ2n) is 10.3. The molecule has 0 aromatic carbocycles. The van der Waals surface area contributed by atoms with Gasteiger partial charge in [0.05, 0.1) is 28.7 Å². The molecule has 1 fully saturated rings. The molecule has 2 atom stereocenters. The first-order chi connectivity index (χ1) is 16.9. The molecule has 1 amide bonds. The van der Waals surface area contributed by atoms with Crippen LogP contribution in [0, 0.1) is 5.92 Å². The smallest absolute Gasteiger partial charge is 0.254 e. The number of piperidine rings is 1. The standard InChI is InChI=1S/C27H31N7O/c1-27(17-6-5-12-33(2)16-17)10-4-7-22(32-27)31-21-15-29-24(20-14-30-26(35)23(20)21)18-8-11-28-25-19(18)9-13-34(25)3/h4,7-9,11,13,15,17H,5-6,10,12,14,16H2,1-3H3,(H,30,35)(H,31,32)/t17-,27?/m1/s1. The Morgan fingerprint density at radius 1 is 1.23 bits per heavy atom. The van der Waals surface area contributed by atoms with Gasteiger partial charge in [0.15, 0.2) is 0 Å². The fourth-order valence-corrected chi connectivity index (χ4v) is 5.85. The lowest BCUT2D eigenvalue weighted by molar-refractivity contribution is 0.0966. The summed E-state index contributed by atoms with van der Waals surface area (Å²) in [5, 5.41) is 7.47. The maximum absolute atomic E-state index is 12.9. The first-order valence-electron chi connectivity index (χ1n) is 12.4. The monoisotopic (exact) mass is 469 g/mol. The zero-order chi connectivity index (χ0) is 24.2. The lowest BCUT2D eigenvalue weighted by Gasteiger charge is -2.41. The molecule has 0 aliphatic carbocycles. The Bertz CT molecular complexity index is 1390. The second kappa shape index (κ2) is 8.30. The third kappa shape index (κ3) is 3.72. The SMILES string of the molecule is CN1CCC[C@@H](C2(C)CC=CC(Nc3cnc(-c4ccnc5c4ccn5C)c4c3C(=O)NC4)=N2)C1. The Hall–Kier alpha value is -3.52. The van der Waals surface area contributed by atoms with Crippen molar-refractivity contribution in [2.24, 2.45) is 18.0 Å². The molecule has 8 heteroatoms. The lowest BCUT2D eigenvalue weighted by atomic mass is 9.77. The van der Waals surface area contributed by atoms with Crippen molar-refractivity contribution in [1.82, 2.24) is 24.8 Å². The van der Waals surface area contributed by atoms with Gasteiger partial charge in [-0.25, -0.2) is 4.98 Å². The van der Waals surface area contributed by atoms with E-state index in [1.807, 2.05) is 36.0 Å². The first-order valence-corrected chi connectivity index (χ1v) is 12.4. The predicted molar refractivity (Wildman–Crippen MR) is 139 cm³/mol. The Morgan fingerprint density at radius 3 is 2.97 bits per heavy atom. The van der Waals surface area contributed by atoms with Gasteiger partial charge in [-0.2, -0.15) is 0 Å². The van der Waals surface area contributed by atoms with E-state index in [9.17, 15) is 4.79 Å². The average molecular weight is 470 g/mol. The minimum Gasteiger partial charge on any atom is -0.348 e. The van der Waals surface area contributed by atoms with Crippen LogP contribution in [0.5, 0.6) is 0 Å². The number of carbonyl (C=O) groups is 1. The number of nitrogens with one attached hydrogen (secondary N) is 2. The number of aromatic nitrogens is 3. The molecule has 3 aromatic rings. The van der Waals surface area contributed by atoms with E-state index in [-0.39, 0.29) is 11.4 Å². The van der Waals surface area contributed by atoms with Crippen LogP contribution in [0.25, 0.3) is 22.3 Å². The third-order valence-electron chi connectivity index (χ3n) is 7.81. The molecule has 180 valence electrons. The van der Waals surface area contributed by atoms with E-state index in [0.29, 0.717) is 23.7 Å². The molecule has 0 saturated carbocycles. The van der Waals surface area contributed by atoms with Crippen LogP contribution in [0.2, 0.25) is 0 Å². The maximum Gasteiger partial charge on any atom is 0.254 e. The third-order valence-corrected chi connectivity index (χ3v) is 7.81. The molecule has 3 aliphatic rings. The fourth-order valence-electron chi connectivity index (χ4n) is 5.85. The van der Waals surface area contributed by atoms with E-state index in [4.69, 9.17) is 9.98 Å². The predicted octanol–water partition coefficient (Wildman–Crippen LogP) is 3.75. The molecule has 6 heterocycles. The molecule has 1 unspecified atom stereocenters. The topological polar surface area (TPSA) is 87.4 Å².